The number of hydrogen-bond acceptors (Lipinski definition) is 6. The molecule has 0 fully saturated rings. The van der Waals surface area contributed by atoms with Gasteiger partial charge in [-0.25, -0.2) is 15.0 Å². The third-order valence-electron chi connectivity index (χ3n) is 9.32. The van der Waals surface area contributed by atoms with E-state index in [1.807, 2.05) is 30.3 Å². The number of fused-ring (bicyclic) bond motifs is 12. The van der Waals surface area contributed by atoms with Crippen LogP contribution in [-0.4, -0.2) is 24.9 Å². The molecule has 214 valence electrons. The maximum absolute atomic E-state index is 6.76. The number of furan rings is 1. The molecule has 0 amide bonds. The third-order valence-corrected chi connectivity index (χ3v) is 9.32. The summed E-state index contributed by atoms with van der Waals surface area (Å²) in [6.45, 7) is 0. The molecular weight excluding hydrogens is 566 g/mol. The van der Waals surface area contributed by atoms with Gasteiger partial charge in [0.25, 0.3) is 0 Å². The van der Waals surface area contributed by atoms with E-state index in [9.17, 15) is 0 Å². The largest absolute Gasteiger partial charge is 0.456 e. The number of nitrogens with zero attached hydrogens (tertiary/aromatic N) is 5. The molecule has 0 unspecified atom stereocenters. The van der Waals surface area contributed by atoms with Crippen molar-refractivity contribution in [1.29, 1.82) is 0 Å². The lowest BCUT2D eigenvalue weighted by Crippen LogP contribution is -2.25. The number of benzene rings is 4. The summed E-state index contributed by atoms with van der Waals surface area (Å²) in [6.07, 6.45) is 7.03. The summed E-state index contributed by atoms with van der Waals surface area (Å²) in [4.78, 5) is 23.4. The van der Waals surface area contributed by atoms with Gasteiger partial charge in [-0.05, 0) is 64.2 Å². The zero-order valence-electron chi connectivity index (χ0n) is 24.4. The lowest BCUT2D eigenvalue weighted by atomic mass is 9.70. The Hall–Kier alpha value is -6.27. The minimum atomic E-state index is -0.510. The van der Waals surface area contributed by atoms with E-state index in [2.05, 4.69) is 94.9 Å². The monoisotopic (exact) mass is 589 g/mol. The zero-order chi connectivity index (χ0) is 30.2. The summed E-state index contributed by atoms with van der Waals surface area (Å²) in [5.41, 5.74) is 11.4. The van der Waals surface area contributed by atoms with Crippen molar-refractivity contribution in [2.45, 2.75) is 5.41 Å². The predicted molar refractivity (Wildman–Crippen MR) is 178 cm³/mol. The van der Waals surface area contributed by atoms with E-state index in [0.717, 1.165) is 39.0 Å². The van der Waals surface area contributed by atoms with Crippen LogP contribution in [0.1, 0.15) is 22.3 Å². The van der Waals surface area contributed by atoms with E-state index in [0.29, 0.717) is 17.5 Å². The molecule has 4 heterocycles. The standard InChI is InChI=1S/C40H23N5O/c1-4-14-31-27(11-1)28-12-2-5-15-32(28)40(31)33-18-17-24(21-30(33)36-35(40)29-13-3-6-16-34(29)46-36)37-43-38(25-9-7-19-41-22-25)45-39(44-37)26-10-8-20-42-23-26/h1-23H. The lowest BCUT2D eigenvalue weighted by molar-refractivity contribution is 0.628. The molecule has 0 saturated carbocycles. The Morgan fingerprint density at radius 1 is 0.478 bits per heavy atom. The molecule has 0 atom stereocenters. The first-order valence-corrected chi connectivity index (χ1v) is 15.2. The molecular formula is C40H23N5O. The molecule has 8 aromatic rings. The molecule has 1 spiro atoms. The summed E-state index contributed by atoms with van der Waals surface area (Å²) < 4.78 is 6.76. The van der Waals surface area contributed by atoms with Gasteiger partial charge in [-0.1, -0.05) is 78.9 Å². The average Bonchev–Trinajstić information content (AvgIpc) is 3.76. The van der Waals surface area contributed by atoms with Crippen LogP contribution in [0.4, 0.5) is 0 Å². The maximum atomic E-state index is 6.76. The molecule has 46 heavy (non-hydrogen) atoms. The second-order valence-corrected chi connectivity index (χ2v) is 11.7. The first-order chi connectivity index (χ1) is 22.8. The molecule has 2 aliphatic carbocycles. The van der Waals surface area contributed by atoms with Crippen molar-refractivity contribution in [3.8, 4) is 56.6 Å². The quantitative estimate of drug-likeness (QED) is 0.205. The summed E-state index contributed by atoms with van der Waals surface area (Å²) in [7, 11) is 0. The van der Waals surface area contributed by atoms with Crippen molar-refractivity contribution >= 4 is 11.0 Å². The molecule has 2 aliphatic rings. The highest BCUT2D eigenvalue weighted by molar-refractivity contribution is 6.02. The minimum Gasteiger partial charge on any atom is -0.456 e. The first-order valence-electron chi connectivity index (χ1n) is 15.2. The SMILES string of the molecule is c1cncc(-c2nc(-c3cccnc3)nc(-c3ccc4c(c3)-c3oc5ccccc5c3C43c4ccccc4-c4ccccc43)n2)c1. The van der Waals surface area contributed by atoms with Crippen LogP contribution in [0.15, 0.2) is 144 Å². The fraction of sp³-hybridized carbons (Fsp3) is 0.0250. The first kappa shape index (κ1) is 25.1. The van der Waals surface area contributed by atoms with Crippen LogP contribution in [0.5, 0.6) is 0 Å². The zero-order valence-corrected chi connectivity index (χ0v) is 24.4. The van der Waals surface area contributed by atoms with Crippen LogP contribution >= 0.6 is 0 Å². The van der Waals surface area contributed by atoms with Crippen molar-refractivity contribution in [3.05, 3.63) is 162 Å². The Bertz CT molecular complexity index is 2380. The normalized spacial score (nSPS) is 13.4. The molecule has 0 bridgehead atoms. The maximum Gasteiger partial charge on any atom is 0.165 e. The fourth-order valence-corrected chi connectivity index (χ4v) is 7.49. The summed E-state index contributed by atoms with van der Waals surface area (Å²) in [5.74, 6) is 2.56. The van der Waals surface area contributed by atoms with E-state index in [1.165, 1.54) is 33.4 Å². The molecule has 4 aromatic heterocycles. The number of para-hydroxylation sites is 1. The average molecular weight is 590 g/mol. The topological polar surface area (TPSA) is 77.6 Å². The van der Waals surface area contributed by atoms with Crippen LogP contribution in [0.2, 0.25) is 0 Å². The third kappa shape index (κ3) is 3.32. The number of aromatic nitrogens is 5. The molecule has 6 nitrogen and oxygen atoms in total. The molecule has 4 aromatic carbocycles. The van der Waals surface area contributed by atoms with Gasteiger partial charge in [-0.2, -0.15) is 0 Å². The Morgan fingerprint density at radius 2 is 1.04 bits per heavy atom. The van der Waals surface area contributed by atoms with E-state index in [4.69, 9.17) is 19.4 Å². The van der Waals surface area contributed by atoms with E-state index in [1.54, 1.807) is 24.8 Å². The van der Waals surface area contributed by atoms with Crippen molar-refractivity contribution in [2.24, 2.45) is 0 Å². The van der Waals surface area contributed by atoms with Gasteiger partial charge in [-0.15, -0.1) is 0 Å². The molecule has 10 rings (SSSR count). The summed E-state index contributed by atoms with van der Waals surface area (Å²) >= 11 is 0. The van der Waals surface area contributed by atoms with E-state index in [-0.39, 0.29) is 0 Å². The highest BCUT2D eigenvalue weighted by Gasteiger charge is 2.54. The van der Waals surface area contributed by atoms with Crippen LogP contribution in [0.25, 0.3) is 67.6 Å². The Balaban J connectivity index is 1.26. The second kappa shape index (κ2) is 9.36. The van der Waals surface area contributed by atoms with Crippen molar-refractivity contribution in [2.75, 3.05) is 0 Å². The van der Waals surface area contributed by atoms with Gasteiger partial charge in [0.05, 0.1) is 5.41 Å². The Morgan fingerprint density at radius 3 is 1.67 bits per heavy atom. The number of rotatable bonds is 3. The van der Waals surface area contributed by atoms with E-state index >= 15 is 0 Å². The summed E-state index contributed by atoms with van der Waals surface area (Å²) in [5, 5.41) is 1.12. The van der Waals surface area contributed by atoms with Gasteiger partial charge in [0.2, 0.25) is 0 Å². The van der Waals surface area contributed by atoms with Crippen LogP contribution < -0.4 is 0 Å². The van der Waals surface area contributed by atoms with Gasteiger partial charge in [0.15, 0.2) is 17.5 Å². The molecule has 0 N–H and O–H groups in total. The van der Waals surface area contributed by atoms with Crippen molar-refractivity contribution < 1.29 is 4.42 Å². The Kier molecular flexibility index (Phi) is 5.11. The van der Waals surface area contributed by atoms with Crippen LogP contribution in [0, 0.1) is 0 Å². The smallest absolute Gasteiger partial charge is 0.165 e. The van der Waals surface area contributed by atoms with Gasteiger partial charge in [-0.3, -0.25) is 9.97 Å². The highest BCUT2D eigenvalue weighted by Crippen LogP contribution is 2.65. The molecule has 0 aliphatic heterocycles. The van der Waals surface area contributed by atoms with Gasteiger partial charge in [0, 0.05) is 58.0 Å². The predicted octanol–water partition coefficient (Wildman–Crippen LogP) is 8.75. The highest BCUT2D eigenvalue weighted by atomic mass is 16.3. The number of hydrogen-bond donors (Lipinski definition) is 0. The fourth-order valence-electron chi connectivity index (χ4n) is 7.49. The van der Waals surface area contributed by atoms with Crippen molar-refractivity contribution in [1.82, 2.24) is 24.9 Å². The van der Waals surface area contributed by atoms with Crippen LogP contribution in [0.3, 0.4) is 0 Å². The molecule has 0 radical (unpaired) electrons. The molecule has 0 saturated heterocycles. The Labute approximate surface area is 264 Å². The lowest BCUT2D eigenvalue weighted by Gasteiger charge is -2.29. The number of pyridine rings is 2. The van der Waals surface area contributed by atoms with Gasteiger partial charge in [0.1, 0.15) is 11.3 Å². The summed E-state index contributed by atoms with van der Waals surface area (Å²) in [6, 6.07) is 40.2. The van der Waals surface area contributed by atoms with Gasteiger partial charge < -0.3 is 4.42 Å². The van der Waals surface area contributed by atoms with Crippen LogP contribution in [-0.2, 0) is 5.41 Å². The molecule has 6 heteroatoms. The van der Waals surface area contributed by atoms with E-state index < -0.39 is 5.41 Å². The second-order valence-electron chi connectivity index (χ2n) is 11.7. The van der Waals surface area contributed by atoms with Crippen molar-refractivity contribution in [3.63, 3.8) is 0 Å². The van der Waals surface area contributed by atoms with Gasteiger partial charge >= 0.3 is 0 Å². The minimum absolute atomic E-state index is 0.510.